The second kappa shape index (κ2) is 7.81. The number of aryl methyl sites for hydroxylation is 1. The highest BCUT2D eigenvalue weighted by Gasteiger charge is 2.14. The molecule has 2 N–H and O–H groups in total. The highest BCUT2D eigenvalue weighted by atomic mass is 16.1. The molecule has 1 fully saturated rings. The first kappa shape index (κ1) is 18.2. The van der Waals surface area contributed by atoms with Crippen LogP contribution in [0.1, 0.15) is 12.6 Å². The van der Waals surface area contributed by atoms with E-state index >= 15 is 0 Å². The highest BCUT2D eigenvalue weighted by molar-refractivity contribution is 5.54. The van der Waals surface area contributed by atoms with E-state index in [0.717, 1.165) is 44.0 Å². The van der Waals surface area contributed by atoms with Gasteiger partial charge in [-0.15, -0.1) is 0 Å². The summed E-state index contributed by atoms with van der Waals surface area (Å²) < 4.78 is 1.68. The van der Waals surface area contributed by atoms with Gasteiger partial charge in [0, 0.05) is 50.2 Å². The Morgan fingerprint density at radius 1 is 1.14 bits per heavy atom. The summed E-state index contributed by atoms with van der Waals surface area (Å²) >= 11 is 0. The summed E-state index contributed by atoms with van der Waals surface area (Å²) in [5.74, 6) is 1.70. The summed E-state index contributed by atoms with van der Waals surface area (Å²) in [6, 6.07) is 7.32. The van der Waals surface area contributed by atoms with Gasteiger partial charge < -0.3 is 15.1 Å². The van der Waals surface area contributed by atoms with Crippen molar-refractivity contribution in [3.05, 3.63) is 52.7 Å². The summed E-state index contributed by atoms with van der Waals surface area (Å²) in [6.07, 6.45) is 4.25. The molecule has 146 valence electrons. The molecule has 0 spiro atoms. The lowest BCUT2D eigenvalue weighted by Crippen LogP contribution is -2.44. The summed E-state index contributed by atoms with van der Waals surface area (Å²) in [4.78, 5) is 29.6. The molecule has 28 heavy (non-hydrogen) atoms. The number of pyridine rings is 1. The lowest BCUT2D eigenvalue weighted by Gasteiger charge is -2.33. The third-order valence-corrected chi connectivity index (χ3v) is 4.90. The molecule has 0 aliphatic carbocycles. The van der Waals surface area contributed by atoms with E-state index in [4.69, 9.17) is 0 Å². The molecule has 1 aliphatic heterocycles. The van der Waals surface area contributed by atoms with Crippen LogP contribution in [0.3, 0.4) is 0 Å². The van der Waals surface area contributed by atoms with Crippen LogP contribution in [0.5, 0.6) is 0 Å². The molecule has 3 aromatic heterocycles. The van der Waals surface area contributed by atoms with Gasteiger partial charge in [0.05, 0.1) is 11.9 Å². The van der Waals surface area contributed by atoms with Gasteiger partial charge in [-0.1, -0.05) is 6.92 Å². The molecule has 3 aromatic rings. The molecule has 0 aromatic carbocycles. The van der Waals surface area contributed by atoms with E-state index in [9.17, 15) is 4.79 Å². The highest BCUT2D eigenvalue weighted by Crippen LogP contribution is 2.18. The van der Waals surface area contributed by atoms with Crippen LogP contribution in [0, 0.1) is 0 Å². The number of nitrogens with one attached hydrogen (secondary N) is 2. The van der Waals surface area contributed by atoms with Crippen molar-refractivity contribution in [2.24, 2.45) is 0 Å². The minimum absolute atomic E-state index is 0.147. The van der Waals surface area contributed by atoms with Gasteiger partial charge in [0.15, 0.2) is 5.82 Å². The molecule has 4 heterocycles. The maximum absolute atomic E-state index is 11.6. The Bertz CT molecular complexity index is 986. The van der Waals surface area contributed by atoms with Crippen LogP contribution in [0.2, 0.25) is 0 Å². The number of aromatic nitrogens is 5. The normalized spacial score (nSPS) is 15.0. The van der Waals surface area contributed by atoms with Crippen molar-refractivity contribution >= 4 is 17.5 Å². The van der Waals surface area contributed by atoms with Gasteiger partial charge in [-0.3, -0.25) is 9.89 Å². The predicted octanol–water partition coefficient (Wildman–Crippen LogP) is 1.41. The summed E-state index contributed by atoms with van der Waals surface area (Å²) in [7, 11) is 2.14. The number of likely N-dealkylation sites (N-methyl/N-ethyl adjacent to an activating group) is 1. The van der Waals surface area contributed by atoms with E-state index in [1.807, 2.05) is 19.2 Å². The molecule has 0 amide bonds. The fourth-order valence-corrected chi connectivity index (χ4v) is 3.25. The molecular formula is C19H24N8O. The van der Waals surface area contributed by atoms with E-state index in [2.05, 4.69) is 48.3 Å². The van der Waals surface area contributed by atoms with Crippen molar-refractivity contribution in [3.8, 4) is 5.82 Å². The summed E-state index contributed by atoms with van der Waals surface area (Å²) in [5.41, 5.74) is 1.83. The largest absolute Gasteiger partial charge is 0.368 e. The molecule has 0 radical (unpaired) electrons. The molecule has 0 unspecified atom stereocenters. The number of hydrogen-bond acceptors (Lipinski definition) is 7. The number of H-pyrrole nitrogens is 1. The van der Waals surface area contributed by atoms with Crippen LogP contribution in [0.15, 0.2) is 41.5 Å². The third kappa shape index (κ3) is 3.89. The maximum atomic E-state index is 11.6. The molecule has 9 heteroatoms. The second-order valence-electron chi connectivity index (χ2n) is 6.86. The monoisotopic (exact) mass is 380 g/mol. The topological polar surface area (TPSA) is 95.0 Å². The Labute approximate surface area is 163 Å². The zero-order valence-corrected chi connectivity index (χ0v) is 16.1. The van der Waals surface area contributed by atoms with Gasteiger partial charge in [-0.2, -0.15) is 4.98 Å². The molecule has 0 saturated carbocycles. The predicted molar refractivity (Wildman–Crippen MR) is 109 cm³/mol. The zero-order chi connectivity index (χ0) is 19.5. The lowest BCUT2D eigenvalue weighted by molar-refractivity contribution is 0.313. The van der Waals surface area contributed by atoms with Crippen LogP contribution in [-0.2, 0) is 6.42 Å². The molecule has 1 aliphatic rings. The van der Waals surface area contributed by atoms with E-state index in [-0.39, 0.29) is 5.56 Å². The number of anilines is 3. The van der Waals surface area contributed by atoms with Crippen molar-refractivity contribution < 1.29 is 0 Å². The van der Waals surface area contributed by atoms with Crippen LogP contribution >= 0.6 is 0 Å². The Hall–Kier alpha value is -3.20. The number of rotatable bonds is 5. The molecule has 0 atom stereocenters. The lowest BCUT2D eigenvalue weighted by atomic mass is 10.3. The van der Waals surface area contributed by atoms with Crippen LogP contribution in [0.4, 0.5) is 17.5 Å². The number of piperazine rings is 1. The standard InChI is InChI=1S/C19H24N8O/c1-3-14-12-18(28)24-27(14)17-6-7-20-19(23-17)22-16-5-4-15(13-21-16)26-10-8-25(2)9-11-26/h4-7,12-13H,3,8-11H2,1-2H3,(H,24,28)(H,20,21,22,23). The van der Waals surface area contributed by atoms with Gasteiger partial charge in [-0.25, -0.2) is 14.6 Å². The molecule has 1 saturated heterocycles. The summed E-state index contributed by atoms with van der Waals surface area (Å²) in [5, 5.41) is 5.90. The van der Waals surface area contributed by atoms with E-state index in [1.54, 1.807) is 23.0 Å². The van der Waals surface area contributed by atoms with Crippen LogP contribution in [-0.4, -0.2) is 62.9 Å². The van der Waals surface area contributed by atoms with Gasteiger partial charge in [0.25, 0.3) is 5.56 Å². The molecule has 0 bridgehead atoms. The molecular weight excluding hydrogens is 356 g/mol. The maximum Gasteiger partial charge on any atom is 0.264 e. The van der Waals surface area contributed by atoms with E-state index in [1.165, 1.54) is 0 Å². The van der Waals surface area contributed by atoms with E-state index in [0.29, 0.717) is 17.6 Å². The first-order valence-electron chi connectivity index (χ1n) is 9.43. The average molecular weight is 380 g/mol. The van der Waals surface area contributed by atoms with Crippen LogP contribution in [0.25, 0.3) is 5.82 Å². The first-order chi connectivity index (χ1) is 13.6. The number of aromatic amines is 1. The number of nitrogens with zero attached hydrogens (tertiary/aromatic N) is 6. The van der Waals surface area contributed by atoms with Gasteiger partial charge >= 0.3 is 0 Å². The summed E-state index contributed by atoms with van der Waals surface area (Å²) in [6.45, 7) is 6.12. The first-order valence-corrected chi connectivity index (χ1v) is 9.43. The van der Waals surface area contributed by atoms with Crippen molar-refractivity contribution in [3.63, 3.8) is 0 Å². The molecule has 4 rings (SSSR count). The zero-order valence-electron chi connectivity index (χ0n) is 16.1. The number of hydrogen-bond donors (Lipinski definition) is 2. The fourth-order valence-electron chi connectivity index (χ4n) is 3.25. The second-order valence-corrected chi connectivity index (χ2v) is 6.86. The minimum atomic E-state index is -0.147. The average Bonchev–Trinajstić information content (AvgIpc) is 3.10. The van der Waals surface area contributed by atoms with Crippen LogP contribution < -0.4 is 15.8 Å². The van der Waals surface area contributed by atoms with Gasteiger partial charge in [0.2, 0.25) is 5.95 Å². The Balaban J connectivity index is 1.49. The molecule has 9 nitrogen and oxygen atoms in total. The van der Waals surface area contributed by atoms with Crippen molar-refractivity contribution in [2.75, 3.05) is 43.4 Å². The van der Waals surface area contributed by atoms with E-state index < -0.39 is 0 Å². The van der Waals surface area contributed by atoms with Gasteiger partial charge in [0.1, 0.15) is 5.82 Å². The third-order valence-electron chi connectivity index (χ3n) is 4.90. The SMILES string of the molecule is CCc1cc(=O)[nH]n1-c1ccnc(Nc2ccc(N3CCN(C)CC3)cn2)n1. The van der Waals surface area contributed by atoms with Crippen molar-refractivity contribution in [2.45, 2.75) is 13.3 Å². The Morgan fingerprint density at radius 3 is 2.68 bits per heavy atom. The fraction of sp³-hybridized carbons (Fsp3) is 0.368. The quantitative estimate of drug-likeness (QED) is 0.691. The minimum Gasteiger partial charge on any atom is -0.368 e. The smallest absolute Gasteiger partial charge is 0.264 e. The van der Waals surface area contributed by atoms with Gasteiger partial charge in [-0.05, 0) is 25.6 Å². The Morgan fingerprint density at radius 2 is 1.96 bits per heavy atom. The Kier molecular flexibility index (Phi) is 5.07. The van der Waals surface area contributed by atoms with Crippen molar-refractivity contribution in [1.29, 1.82) is 0 Å². The van der Waals surface area contributed by atoms with Crippen molar-refractivity contribution in [1.82, 2.24) is 29.6 Å².